The summed E-state index contributed by atoms with van der Waals surface area (Å²) < 4.78 is 17.3. The van der Waals surface area contributed by atoms with Crippen LogP contribution < -0.4 is 0 Å². The molecule has 0 bridgehead atoms. The van der Waals surface area contributed by atoms with Crippen LogP contribution in [0.3, 0.4) is 0 Å². The molecule has 328 valence electrons. The van der Waals surface area contributed by atoms with E-state index in [1.54, 1.807) is 18.2 Å². The van der Waals surface area contributed by atoms with E-state index in [0.29, 0.717) is 25.9 Å². The van der Waals surface area contributed by atoms with Crippen LogP contribution in [-0.2, 0) is 28.6 Å². The molecule has 57 heavy (non-hydrogen) atoms. The van der Waals surface area contributed by atoms with Gasteiger partial charge >= 0.3 is 11.9 Å². The molecule has 0 aromatic carbocycles. The minimum absolute atomic E-state index is 0.0570. The van der Waals surface area contributed by atoms with Crippen molar-refractivity contribution in [3.63, 3.8) is 0 Å². The Bertz CT molecular complexity index is 1040. The van der Waals surface area contributed by atoms with Gasteiger partial charge in [0.2, 0.25) is 0 Å². The van der Waals surface area contributed by atoms with Gasteiger partial charge in [0.15, 0.2) is 11.9 Å². The molecule has 0 aromatic heterocycles. The molecule has 0 aliphatic heterocycles. The normalized spacial score (nSPS) is 12.4. The van der Waals surface area contributed by atoms with Crippen molar-refractivity contribution in [1.29, 1.82) is 0 Å². The van der Waals surface area contributed by atoms with Crippen molar-refractivity contribution in [2.45, 2.75) is 225 Å². The fourth-order valence-electron chi connectivity index (χ4n) is 6.73. The molecule has 0 aromatic rings. The number of allylic oxidation sites excluding steroid dienone is 9. The second-order valence-corrected chi connectivity index (χ2v) is 15.9. The number of ketones is 1. The molecule has 0 heterocycles. The van der Waals surface area contributed by atoms with E-state index in [-0.39, 0.29) is 30.9 Å². The van der Waals surface area contributed by atoms with E-state index in [9.17, 15) is 14.4 Å². The van der Waals surface area contributed by atoms with Crippen LogP contribution in [-0.4, -0.2) is 43.6 Å². The summed E-state index contributed by atoms with van der Waals surface area (Å²) in [7, 11) is 0. The minimum atomic E-state index is -0.568. The molecule has 0 radical (unpaired) electrons. The summed E-state index contributed by atoms with van der Waals surface area (Å²) in [5, 5.41) is 0. The van der Waals surface area contributed by atoms with Crippen molar-refractivity contribution in [1.82, 2.24) is 0 Å². The van der Waals surface area contributed by atoms with Gasteiger partial charge in [-0.3, -0.25) is 14.4 Å². The highest BCUT2D eigenvalue weighted by Crippen LogP contribution is 2.15. The van der Waals surface area contributed by atoms with E-state index in [1.165, 1.54) is 109 Å². The first-order chi connectivity index (χ1) is 28.0. The molecule has 0 fully saturated rings. The van der Waals surface area contributed by atoms with Gasteiger partial charge in [-0.05, 0) is 31.8 Å². The van der Waals surface area contributed by atoms with Crippen molar-refractivity contribution in [3.8, 4) is 0 Å². The average molecular weight is 797 g/mol. The summed E-state index contributed by atoms with van der Waals surface area (Å²) in [6, 6.07) is 0. The molecule has 6 nitrogen and oxygen atoms in total. The lowest BCUT2D eigenvalue weighted by atomic mass is 10.1. The molecule has 0 spiro atoms. The number of hydrogen-bond donors (Lipinski definition) is 0. The summed E-state index contributed by atoms with van der Waals surface area (Å²) >= 11 is 0. The maximum absolute atomic E-state index is 12.7. The largest absolute Gasteiger partial charge is 0.462 e. The van der Waals surface area contributed by atoms with Gasteiger partial charge in [0.25, 0.3) is 0 Å². The number of esters is 2. The Labute approximate surface area is 351 Å². The van der Waals surface area contributed by atoms with Gasteiger partial charge < -0.3 is 14.2 Å². The zero-order chi connectivity index (χ0) is 41.5. The van der Waals surface area contributed by atoms with Crippen LogP contribution in [0, 0.1) is 0 Å². The Balaban J connectivity index is 4.29. The van der Waals surface area contributed by atoms with Crippen LogP contribution >= 0.6 is 0 Å². The SMILES string of the molecule is C=C/C=C/C=C/C=C/C=C/C(=O)CCCCCCCCCOCC(COC(=O)CCCCCCCCCCCCC)OC(=O)CCCCCCCCCCCCC. The van der Waals surface area contributed by atoms with E-state index < -0.39 is 6.10 Å². The summed E-state index contributed by atoms with van der Waals surface area (Å²) in [4.78, 5) is 37.3. The predicted octanol–water partition coefficient (Wildman–Crippen LogP) is 15.0. The number of carbonyl (C=O) groups excluding carboxylic acids is 3. The fraction of sp³-hybridized carbons (Fsp3) is 0.745. The molecule has 0 N–H and O–H groups in total. The number of rotatable bonds is 44. The fourth-order valence-corrected chi connectivity index (χ4v) is 6.73. The molecule has 0 amide bonds. The van der Waals surface area contributed by atoms with Crippen molar-refractivity contribution in [2.75, 3.05) is 19.8 Å². The molecule has 1 atom stereocenters. The molecule has 0 rings (SSSR count). The second kappa shape index (κ2) is 46.0. The van der Waals surface area contributed by atoms with Gasteiger partial charge in [0, 0.05) is 25.9 Å². The zero-order valence-electron chi connectivity index (χ0n) is 37.2. The number of ether oxygens (including phenoxy) is 3. The summed E-state index contributed by atoms with van der Waals surface area (Å²) in [5.74, 6) is -0.271. The molecule has 1 unspecified atom stereocenters. The van der Waals surface area contributed by atoms with E-state index >= 15 is 0 Å². The maximum atomic E-state index is 12.7. The van der Waals surface area contributed by atoms with Crippen LogP contribution in [0.1, 0.15) is 219 Å². The zero-order valence-corrected chi connectivity index (χ0v) is 37.2. The highest BCUT2D eigenvalue weighted by molar-refractivity contribution is 5.89. The van der Waals surface area contributed by atoms with E-state index in [2.05, 4.69) is 20.4 Å². The molecular weight excluding hydrogens is 709 g/mol. The third-order valence-electron chi connectivity index (χ3n) is 10.3. The van der Waals surface area contributed by atoms with Crippen LogP contribution in [0.4, 0.5) is 0 Å². The van der Waals surface area contributed by atoms with Crippen molar-refractivity contribution < 1.29 is 28.6 Å². The monoisotopic (exact) mass is 797 g/mol. The molecule has 0 aliphatic carbocycles. The van der Waals surface area contributed by atoms with E-state index in [4.69, 9.17) is 14.2 Å². The first-order valence-electron chi connectivity index (χ1n) is 23.8. The predicted molar refractivity (Wildman–Crippen MR) is 243 cm³/mol. The van der Waals surface area contributed by atoms with Gasteiger partial charge in [-0.1, -0.05) is 230 Å². The van der Waals surface area contributed by atoms with Gasteiger partial charge in [-0.15, -0.1) is 0 Å². The van der Waals surface area contributed by atoms with E-state index in [0.717, 1.165) is 77.0 Å². The van der Waals surface area contributed by atoms with Gasteiger partial charge in [0.05, 0.1) is 6.61 Å². The van der Waals surface area contributed by atoms with E-state index in [1.807, 2.05) is 36.5 Å². The van der Waals surface area contributed by atoms with Crippen LogP contribution in [0.15, 0.2) is 61.3 Å². The van der Waals surface area contributed by atoms with Crippen LogP contribution in [0.2, 0.25) is 0 Å². The third kappa shape index (κ3) is 44.2. The summed E-state index contributed by atoms with van der Waals surface area (Å²) in [6.45, 7) is 9.04. The maximum Gasteiger partial charge on any atom is 0.306 e. The minimum Gasteiger partial charge on any atom is -0.462 e. The Morgan fingerprint density at radius 2 is 0.825 bits per heavy atom. The van der Waals surface area contributed by atoms with Crippen LogP contribution in [0.25, 0.3) is 0 Å². The molecule has 0 saturated carbocycles. The highest BCUT2D eigenvalue weighted by Gasteiger charge is 2.17. The van der Waals surface area contributed by atoms with Crippen molar-refractivity contribution >= 4 is 17.7 Å². The number of carbonyl (C=O) groups is 3. The van der Waals surface area contributed by atoms with Gasteiger partial charge in [0.1, 0.15) is 6.61 Å². The molecule has 0 aliphatic rings. The van der Waals surface area contributed by atoms with Crippen LogP contribution in [0.5, 0.6) is 0 Å². The van der Waals surface area contributed by atoms with Gasteiger partial charge in [-0.2, -0.15) is 0 Å². The lowest BCUT2D eigenvalue weighted by molar-refractivity contribution is -0.163. The third-order valence-corrected chi connectivity index (χ3v) is 10.3. The molecular formula is C51H88O6. The quantitative estimate of drug-likeness (QED) is 0.0264. The Morgan fingerprint density at radius 3 is 1.30 bits per heavy atom. The molecule has 0 saturated heterocycles. The standard InChI is InChI=1S/C51H88O6/c1-4-7-10-13-16-19-21-23-28-33-38-43-50(53)56-47-49(57-51(54)44-39-34-29-24-22-20-17-14-11-8-5-2)46-55-45-40-35-30-25-27-32-37-42-48(52)41-36-31-26-18-15-12-9-6-3/h6,9,12,15,18,26,31,36,41,49H,3-5,7-8,10-11,13-14,16-17,19-25,27-30,32-35,37-40,42-47H2,1-2H3/b12-9+,18-15+,31-26+,41-36+. The van der Waals surface area contributed by atoms with Crippen molar-refractivity contribution in [2.24, 2.45) is 0 Å². The highest BCUT2D eigenvalue weighted by atomic mass is 16.6. The lowest BCUT2D eigenvalue weighted by Gasteiger charge is -2.18. The second-order valence-electron chi connectivity index (χ2n) is 15.9. The Hall–Kier alpha value is -2.73. The smallest absolute Gasteiger partial charge is 0.306 e. The number of hydrogen-bond acceptors (Lipinski definition) is 6. The summed E-state index contributed by atoms with van der Waals surface area (Å²) in [6.07, 6.45) is 52.0. The topological polar surface area (TPSA) is 78.9 Å². The molecule has 6 heteroatoms. The number of unbranched alkanes of at least 4 members (excludes halogenated alkanes) is 26. The van der Waals surface area contributed by atoms with Crippen molar-refractivity contribution in [3.05, 3.63) is 61.3 Å². The Morgan fingerprint density at radius 1 is 0.439 bits per heavy atom. The van der Waals surface area contributed by atoms with Gasteiger partial charge in [-0.25, -0.2) is 0 Å². The summed E-state index contributed by atoms with van der Waals surface area (Å²) in [5.41, 5.74) is 0. The lowest BCUT2D eigenvalue weighted by Crippen LogP contribution is -2.30. The first-order valence-corrected chi connectivity index (χ1v) is 23.8. The first kappa shape index (κ1) is 54.3. The average Bonchev–Trinajstić information content (AvgIpc) is 3.20. The Kier molecular flexibility index (Phi) is 43.8.